The molecule has 0 radical (unpaired) electrons. The molecule has 1 aliphatic heterocycles. The first-order chi connectivity index (χ1) is 6.15. The molecule has 2 atom stereocenters. The second kappa shape index (κ2) is 4.97. The minimum atomic E-state index is 0.661. The maximum absolute atomic E-state index is 5.75. The Balaban J connectivity index is 2.40. The minimum absolute atomic E-state index is 0.661. The Labute approximate surface area is 82.5 Å². The Morgan fingerprint density at radius 3 is 2.62 bits per heavy atom. The molecule has 0 spiro atoms. The van der Waals surface area contributed by atoms with Crippen LogP contribution in [0, 0.1) is 5.92 Å². The van der Waals surface area contributed by atoms with Crippen LogP contribution < -0.4 is 5.73 Å². The molecule has 1 saturated heterocycles. The molecule has 0 saturated carbocycles. The van der Waals surface area contributed by atoms with E-state index in [0.717, 1.165) is 18.5 Å². The molecule has 2 N–H and O–H groups in total. The van der Waals surface area contributed by atoms with E-state index in [2.05, 4.69) is 25.7 Å². The van der Waals surface area contributed by atoms with Gasteiger partial charge in [0.15, 0.2) is 0 Å². The van der Waals surface area contributed by atoms with Gasteiger partial charge in [0.2, 0.25) is 0 Å². The lowest BCUT2D eigenvalue weighted by atomic mass is 10.0. The number of likely N-dealkylation sites (tertiary alicyclic amines) is 1. The van der Waals surface area contributed by atoms with Gasteiger partial charge in [-0.05, 0) is 38.6 Å². The van der Waals surface area contributed by atoms with E-state index in [-0.39, 0.29) is 0 Å². The lowest BCUT2D eigenvalue weighted by Gasteiger charge is -2.31. The largest absolute Gasteiger partial charge is 0.329 e. The third-order valence-electron chi connectivity index (χ3n) is 3.07. The van der Waals surface area contributed by atoms with E-state index in [9.17, 15) is 0 Å². The van der Waals surface area contributed by atoms with Gasteiger partial charge in [-0.25, -0.2) is 0 Å². The Morgan fingerprint density at radius 1 is 1.38 bits per heavy atom. The van der Waals surface area contributed by atoms with Crippen molar-refractivity contribution in [1.82, 2.24) is 4.90 Å². The molecule has 0 amide bonds. The van der Waals surface area contributed by atoms with Crippen molar-refractivity contribution in [1.29, 1.82) is 0 Å². The first-order valence-corrected chi connectivity index (χ1v) is 5.61. The Kier molecular flexibility index (Phi) is 4.20. The molecular weight excluding hydrogens is 160 g/mol. The molecule has 1 heterocycles. The van der Waals surface area contributed by atoms with E-state index in [4.69, 9.17) is 5.73 Å². The highest BCUT2D eigenvalue weighted by atomic mass is 15.2. The van der Waals surface area contributed by atoms with Crippen molar-refractivity contribution in [3.05, 3.63) is 0 Å². The van der Waals surface area contributed by atoms with Gasteiger partial charge in [0.25, 0.3) is 0 Å². The van der Waals surface area contributed by atoms with Gasteiger partial charge in [-0.2, -0.15) is 0 Å². The summed E-state index contributed by atoms with van der Waals surface area (Å²) in [7, 11) is 0. The average Bonchev–Trinajstić information content (AvgIpc) is 2.49. The van der Waals surface area contributed by atoms with E-state index in [1.165, 1.54) is 25.8 Å². The highest BCUT2D eigenvalue weighted by molar-refractivity contribution is 4.83. The summed E-state index contributed by atoms with van der Waals surface area (Å²) in [5.74, 6) is 0.800. The van der Waals surface area contributed by atoms with E-state index in [0.29, 0.717) is 6.04 Å². The third-order valence-corrected chi connectivity index (χ3v) is 3.07. The maximum Gasteiger partial charge on any atom is 0.0221 e. The first-order valence-electron chi connectivity index (χ1n) is 5.61. The van der Waals surface area contributed by atoms with Crippen LogP contribution in [0.1, 0.15) is 40.0 Å². The van der Waals surface area contributed by atoms with E-state index in [1.54, 1.807) is 0 Å². The molecule has 0 aromatic carbocycles. The van der Waals surface area contributed by atoms with Gasteiger partial charge in [-0.15, -0.1) is 0 Å². The van der Waals surface area contributed by atoms with Gasteiger partial charge in [0.05, 0.1) is 0 Å². The minimum Gasteiger partial charge on any atom is -0.329 e. The third kappa shape index (κ3) is 2.96. The zero-order chi connectivity index (χ0) is 9.84. The van der Waals surface area contributed by atoms with Crippen molar-refractivity contribution >= 4 is 0 Å². The Morgan fingerprint density at radius 2 is 2.08 bits per heavy atom. The van der Waals surface area contributed by atoms with Crippen LogP contribution in [0.15, 0.2) is 0 Å². The van der Waals surface area contributed by atoms with Gasteiger partial charge < -0.3 is 5.73 Å². The van der Waals surface area contributed by atoms with Crippen LogP contribution >= 0.6 is 0 Å². The summed E-state index contributed by atoms with van der Waals surface area (Å²) in [5.41, 5.74) is 5.75. The topological polar surface area (TPSA) is 29.3 Å². The predicted octanol–water partition coefficient (Wildman–Crippen LogP) is 1.84. The highest BCUT2D eigenvalue weighted by Gasteiger charge is 2.27. The molecule has 13 heavy (non-hydrogen) atoms. The van der Waals surface area contributed by atoms with E-state index >= 15 is 0 Å². The molecule has 2 unspecified atom stereocenters. The summed E-state index contributed by atoms with van der Waals surface area (Å²) in [6, 6.07) is 1.38. The summed E-state index contributed by atoms with van der Waals surface area (Å²) in [4.78, 5) is 2.60. The average molecular weight is 184 g/mol. The fraction of sp³-hybridized carbons (Fsp3) is 1.00. The zero-order valence-electron chi connectivity index (χ0n) is 9.29. The van der Waals surface area contributed by atoms with Gasteiger partial charge >= 0.3 is 0 Å². The number of nitrogens with zero attached hydrogens (tertiary/aromatic N) is 1. The molecule has 1 fully saturated rings. The standard InChI is InChI=1S/C11H24N2/c1-9(2)7-10(3)13-6-4-5-11(13)8-12/h9-11H,4-8,12H2,1-3H3. The fourth-order valence-electron chi connectivity index (χ4n) is 2.51. The summed E-state index contributed by atoms with van der Waals surface area (Å²) in [6.07, 6.45) is 3.94. The number of hydrogen-bond donors (Lipinski definition) is 1. The molecule has 1 aliphatic rings. The molecule has 78 valence electrons. The van der Waals surface area contributed by atoms with Crippen molar-refractivity contribution in [3.8, 4) is 0 Å². The second-order valence-electron chi connectivity index (χ2n) is 4.75. The molecule has 0 aromatic heterocycles. The smallest absolute Gasteiger partial charge is 0.0221 e. The van der Waals surface area contributed by atoms with Crippen molar-refractivity contribution in [2.75, 3.05) is 13.1 Å². The predicted molar refractivity (Wildman–Crippen MR) is 57.7 cm³/mol. The quantitative estimate of drug-likeness (QED) is 0.722. The lowest BCUT2D eigenvalue weighted by Crippen LogP contribution is -2.41. The number of rotatable bonds is 4. The number of hydrogen-bond acceptors (Lipinski definition) is 2. The number of nitrogens with two attached hydrogens (primary N) is 1. The maximum atomic E-state index is 5.75. The zero-order valence-corrected chi connectivity index (χ0v) is 9.29. The lowest BCUT2D eigenvalue weighted by molar-refractivity contribution is 0.174. The van der Waals surface area contributed by atoms with Crippen molar-refractivity contribution in [2.24, 2.45) is 11.7 Å². The SMILES string of the molecule is CC(C)CC(C)N1CCCC1CN. The van der Waals surface area contributed by atoms with Crippen LogP contribution in [-0.2, 0) is 0 Å². The first kappa shape index (κ1) is 11.0. The van der Waals surface area contributed by atoms with Crippen molar-refractivity contribution in [3.63, 3.8) is 0 Å². The molecule has 0 aliphatic carbocycles. The molecule has 2 heteroatoms. The summed E-state index contributed by atoms with van der Waals surface area (Å²) in [6.45, 7) is 9.03. The van der Waals surface area contributed by atoms with Crippen molar-refractivity contribution in [2.45, 2.75) is 52.1 Å². The van der Waals surface area contributed by atoms with Gasteiger partial charge in [-0.3, -0.25) is 4.90 Å². The fourth-order valence-corrected chi connectivity index (χ4v) is 2.51. The van der Waals surface area contributed by atoms with Gasteiger partial charge in [0, 0.05) is 18.6 Å². The van der Waals surface area contributed by atoms with Crippen molar-refractivity contribution < 1.29 is 0 Å². The van der Waals surface area contributed by atoms with Gasteiger partial charge in [-0.1, -0.05) is 13.8 Å². The van der Waals surface area contributed by atoms with E-state index in [1.807, 2.05) is 0 Å². The Bertz CT molecular complexity index is 145. The van der Waals surface area contributed by atoms with Crippen LogP contribution in [0.2, 0.25) is 0 Å². The monoisotopic (exact) mass is 184 g/mol. The Hall–Kier alpha value is -0.0800. The van der Waals surface area contributed by atoms with Crippen LogP contribution in [0.25, 0.3) is 0 Å². The molecular formula is C11H24N2. The van der Waals surface area contributed by atoms with Crippen LogP contribution in [0.4, 0.5) is 0 Å². The summed E-state index contributed by atoms with van der Waals surface area (Å²) >= 11 is 0. The van der Waals surface area contributed by atoms with E-state index < -0.39 is 0 Å². The molecule has 0 bridgehead atoms. The molecule has 2 nitrogen and oxygen atoms in total. The normalized spacial score (nSPS) is 27.0. The summed E-state index contributed by atoms with van der Waals surface area (Å²) in [5, 5.41) is 0. The van der Waals surface area contributed by atoms with Crippen LogP contribution in [-0.4, -0.2) is 30.1 Å². The summed E-state index contributed by atoms with van der Waals surface area (Å²) < 4.78 is 0. The van der Waals surface area contributed by atoms with Crippen LogP contribution in [0.5, 0.6) is 0 Å². The van der Waals surface area contributed by atoms with Crippen LogP contribution in [0.3, 0.4) is 0 Å². The molecule has 1 rings (SSSR count). The van der Waals surface area contributed by atoms with Gasteiger partial charge in [0.1, 0.15) is 0 Å². The second-order valence-corrected chi connectivity index (χ2v) is 4.75. The highest BCUT2D eigenvalue weighted by Crippen LogP contribution is 2.22. The molecule has 0 aromatic rings.